The highest BCUT2D eigenvalue weighted by molar-refractivity contribution is 5.44. The van der Waals surface area contributed by atoms with Crippen LogP contribution in [0.25, 0.3) is 0 Å². The van der Waals surface area contributed by atoms with Crippen LogP contribution < -0.4 is 5.73 Å². The molecule has 14 heavy (non-hydrogen) atoms. The summed E-state index contributed by atoms with van der Waals surface area (Å²) in [5, 5.41) is 9.41. The first-order valence-corrected chi connectivity index (χ1v) is 4.48. The summed E-state index contributed by atoms with van der Waals surface area (Å²) in [6.07, 6.45) is 1.41. The zero-order chi connectivity index (χ0) is 10.3. The van der Waals surface area contributed by atoms with Gasteiger partial charge in [-0.1, -0.05) is 0 Å². The van der Waals surface area contributed by atoms with E-state index in [1.165, 1.54) is 0 Å². The molecule has 0 aliphatic heterocycles. The SMILES string of the molecule is NCC1(c2c(F)ccc(F)c2O)CC1. The van der Waals surface area contributed by atoms with E-state index in [4.69, 9.17) is 5.73 Å². The van der Waals surface area contributed by atoms with Crippen LogP contribution in [-0.2, 0) is 5.41 Å². The maximum atomic E-state index is 13.4. The number of nitrogens with two attached hydrogens (primary N) is 1. The second-order valence-electron chi connectivity index (χ2n) is 3.74. The van der Waals surface area contributed by atoms with Crippen molar-refractivity contribution in [1.82, 2.24) is 0 Å². The van der Waals surface area contributed by atoms with Gasteiger partial charge in [-0.3, -0.25) is 0 Å². The van der Waals surface area contributed by atoms with E-state index in [9.17, 15) is 13.9 Å². The maximum Gasteiger partial charge on any atom is 0.165 e. The van der Waals surface area contributed by atoms with Crippen LogP contribution in [0, 0.1) is 11.6 Å². The summed E-state index contributed by atoms with van der Waals surface area (Å²) in [4.78, 5) is 0. The van der Waals surface area contributed by atoms with E-state index in [1.807, 2.05) is 0 Å². The lowest BCUT2D eigenvalue weighted by Gasteiger charge is -2.15. The molecule has 1 aromatic carbocycles. The van der Waals surface area contributed by atoms with Gasteiger partial charge < -0.3 is 10.8 Å². The second kappa shape index (κ2) is 2.92. The van der Waals surface area contributed by atoms with E-state index < -0.39 is 22.8 Å². The van der Waals surface area contributed by atoms with Crippen molar-refractivity contribution in [1.29, 1.82) is 0 Å². The number of hydrogen-bond donors (Lipinski definition) is 2. The normalized spacial score (nSPS) is 18.2. The van der Waals surface area contributed by atoms with Crippen LogP contribution >= 0.6 is 0 Å². The maximum absolute atomic E-state index is 13.4. The first-order chi connectivity index (χ1) is 6.60. The number of rotatable bonds is 2. The van der Waals surface area contributed by atoms with Gasteiger partial charge in [-0.05, 0) is 25.0 Å². The van der Waals surface area contributed by atoms with Gasteiger partial charge in [0, 0.05) is 17.5 Å². The minimum Gasteiger partial charge on any atom is -0.505 e. The summed E-state index contributed by atoms with van der Waals surface area (Å²) in [6.45, 7) is 0.237. The van der Waals surface area contributed by atoms with E-state index in [2.05, 4.69) is 0 Å². The molecule has 0 bridgehead atoms. The second-order valence-corrected chi connectivity index (χ2v) is 3.74. The molecule has 0 amide bonds. The standard InChI is InChI=1S/C10H11F2NO/c11-6-1-2-7(12)9(14)8(6)10(5-13)3-4-10/h1-2,14H,3-5,13H2. The Balaban J connectivity index is 2.57. The van der Waals surface area contributed by atoms with Gasteiger partial charge in [0.15, 0.2) is 11.6 Å². The molecular weight excluding hydrogens is 188 g/mol. The first kappa shape index (κ1) is 9.40. The molecule has 1 aliphatic rings. The molecule has 1 aromatic rings. The topological polar surface area (TPSA) is 46.2 Å². The van der Waals surface area contributed by atoms with Crippen molar-refractivity contribution in [3.63, 3.8) is 0 Å². The van der Waals surface area contributed by atoms with E-state index in [-0.39, 0.29) is 12.1 Å². The molecule has 0 heterocycles. The molecule has 76 valence electrons. The summed E-state index contributed by atoms with van der Waals surface area (Å²) < 4.78 is 26.4. The van der Waals surface area contributed by atoms with Crippen LogP contribution in [0.5, 0.6) is 5.75 Å². The molecule has 0 spiro atoms. The fourth-order valence-electron chi connectivity index (χ4n) is 1.75. The quantitative estimate of drug-likeness (QED) is 0.760. The lowest BCUT2D eigenvalue weighted by Crippen LogP contribution is -2.21. The predicted octanol–water partition coefficient (Wildman–Crippen LogP) is 1.66. The largest absolute Gasteiger partial charge is 0.505 e. The van der Waals surface area contributed by atoms with Crippen LogP contribution in [0.2, 0.25) is 0 Å². The van der Waals surface area contributed by atoms with Gasteiger partial charge in [-0.15, -0.1) is 0 Å². The molecule has 0 saturated heterocycles. The average Bonchev–Trinajstić information content (AvgIpc) is 2.93. The van der Waals surface area contributed by atoms with Gasteiger partial charge in [0.1, 0.15) is 5.82 Å². The smallest absolute Gasteiger partial charge is 0.165 e. The summed E-state index contributed by atoms with van der Waals surface area (Å²) >= 11 is 0. The summed E-state index contributed by atoms with van der Waals surface area (Å²) in [7, 11) is 0. The molecule has 0 unspecified atom stereocenters. The average molecular weight is 199 g/mol. The van der Waals surface area contributed by atoms with Crippen molar-refractivity contribution < 1.29 is 13.9 Å². The highest BCUT2D eigenvalue weighted by Crippen LogP contribution is 2.51. The van der Waals surface area contributed by atoms with E-state index in [1.54, 1.807) is 0 Å². The van der Waals surface area contributed by atoms with Crippen molar-refractivity contribution in [2.75, 3.05) is 6.54 Å². The minimum atomic E-state index is -0.791. The van der Waals surface area contributed by atoms with Gasteiger partial charge in [0.25, 0.3) is 0 Å². The van der Waals surface area contributed by atoms with Gasteiger partial charge in [0.05, 0.1) is 0 Å². The van der Waals surface area contributed by atoms with Gasteiger partial charge in [-0.25, -0.2) is 8.78 Å². The van der Waals surface area contributed by atoms with Crippen molar-refractivity contribution in [2.45, 2.75) is 18.3 Å². The number of aromatic hydroxyl groups is 1. The number of halogens is 2. The highest BCUT2D eigenvalue weighted by atomic mass is 19.1. The lowest BCUT2D eigenvalue weighted by molar-refractivity contribution is 0.407. The van der Waals surface area contributed by atoms with Crippen molar-refractivity contribution in [3.05, 3.63) is 29.3 Å². The van der Waals surface area contributed by atoms with Crippen molar-refractivity contribution in [3.8, 4) is 5.75 Å². The molecule has 2 rings (SSSR count). The molecule has 3 N–H and O–H groups in total. The molecule has 2 nitrogen and oxygen atoms in total. The third-order valence-corrected chi connectivity index (χ3v) is 2.85. The Kier molecular flexibility index (Phi) is 1.96. The van der Waals surface area contributed by atoms with Crippen LogP contribution in [-0.4, -0.2) is 11.7 Å². The Morgan fingerprint density at radius 1 is 1.29 bits per heavy atom. The zero-order valence-corrected chi connectivity index (χ0v) is 7.56. The third kappa shape index (κ3) is 1.18. The molecule has 1 saturated carbocycles. The third-order valence-electron chi connectivity index (χ3n) is 2.85. The molecule has 0 radical (unpaired) electrons. The summed E-state index contributed by atoms with van der Waals surface area (Å²) in [5.41, 5.74) is 5.00. The number of phenolic OH excluding ortho intramolecular Hbond substituents is 1. The molecule has 1 aliphatic carbocycles. The molecule has 0 atom stereocenters. The van der Waals surface area contributed by atoms with E-state index in [0.29, 0.717) is 12.8 Å². The number of benzene rings is 1. The Hall–Kier alpha value is -1.16. The Morgan fingerprint density at radius 2 is 1.86 bits per heavy atom. The van der Waals surface area contributed by atoms with Crippen LogP contribution in [0.4, 0.5) is 8.78 Å². The van der Waals surface area contributed by atoms with Crippen molar-refractivity contribution in [2.24, 2.45) is 5.73 Å². The summed E-state index contributed by atoms with van der Waals surface area (Å²) in [5.74, 6) is -1.96. The lowest BCUT2D eigenvalue weighted by atomic mass is 9.94. The Labute approximate surface area is 80.4 Å². The predicted molar refractivity (Wildman–Crippen MR) is 48.0 cm³/mol. The number of phenols is 1. The molecule has 4 heteroatoms. The number of hydrogen-bond acceptors (Lipinski definition) is 2. The Morgan fingerprint density at radius 3 is 2.36 bits per heavy atom. The van der Waals surface area contributed by atoms with Crippen LogP contribution in [0.15, 0.2) is 12.1 Å². The monoisotopic (exact) mass is 199 g/mol. The van der Waals surface area contributed by atoms with E-state index >= 15 is 0 Å². The van der Waals surface area contributed by atoms with Crippen LogP contribution in [0.3, 0.4) is 0 Å². The van der Waals surface area contributed by atoms with E-state index in [0.717, 1.165) is 12.1 Å². The molecule has 1 fully saturated rings. The minimum absolute atomic E-state index is 0.0417. The van der Waals surface area contributed by atoms with Gasteiger partial charge in [-0.2, -0.15) is 0 Å². The molecular formula is C10H11F2NO. The first-order valence-electron chi connectivity index (χ1n) is 4.48. The van der Waals surface area contributed by atoms with Gasteiger partial charge in [0.2, 0.25) is 0 Å². The van der Waals surface area contributed by atoms with Crippen molar-refractivity contribution >= 4 is 0 Å². The summed E-state index contributed by atoms with van der Waals surface area (Å²) in [6, 6.07) is 1.95. The van der Waals surface area contributed by atoms with Gasteiger partial charge >= 0.3 is 0 Å². The Bertz CT molecular complexity index is 375. The fraction of sp³-hybridized carbons (Fsp3) is 0.400. The van der Waals surface area contributed by atoms with Crippen LogP contribution in [0.1, 0.15) is 18.4 Å². The highest BCUT2D eigenvalue weighted by Gasteiger charge is 2.47. The molecule has 0 aromatic heterocycles. The fourth-order valence-corrected chi connectivity index (χ4v) is 1.75. The zero-order valence-electron chi connectivity index (χ0n) is 7.56.